The standard InChI is InChI=1S/C24H19N5/c25-12-21-19-9-8-17(16-5-2-1-3-6-16)11-20(19)22(18-7-4-10-29-13-18)24(14-26,15-27)23(21)28/h1-7,9-10,13,17,20-22,28H,8,11H2/t17-,20-,21?,22+/m1/s1. The molecule has 1 N–H and O–H groups in total. The Hall–Kier alpha value is -3.75. The summed E-state index contributed by atoms with van der Waals surface area (Å²) in [5, 5.41) is 38.6. The van der Waals surface area contributed by atoms with Crippen LogP contribution in [-0.4, -0.2) is 10.7 Å². The van der Waals surface area contributed by atoms with Gasteiger partial charge in [-0.15, -0.1) is 0 Å². The van der Waals surface area contributed by atoms with E-state index in [1.54, 1.807) is 18.5 Å². The van der Waals surface area contributed by atoms with Gasteiger partial charge in [0, 0.05) is 18.3 Å². The Kier molecular flexibility index (Phi) is 4.71. The average molecular weight is 377 g/mol. The first-order chi connectivity index (χ1) is 14.2. The van der Waals surface area contributed by atoms with Gasteiger partial charge in [-0.3, -0.25) is 4.98 Å². The smallest absolute Gasteiger partial charge is 0.189 e. The highest BCUT2D eigenvalue weighted by Crippen LogP contribution is 2.56. The monoisotopic (exact) mass is 377 g/mol. The van der Waals surface area contributed by atoms with Gasteiger partial charge in [0.1, 0.15) is 5.92 Å². The van der Waals surface area contributed by atoms with Gasteiger partial charge in [0.25, 0.3) is 0 Å². The number of pyridine rings is 1. The Morgan fingerprint density at radius 1 is 1.00 bits per heavy atom. The zero-order valence-corrected chi connectivity index (χ0v) is 15.8. The maximum absolute atomic E-state index is 10.1. The van der Waals surface area contributed by atoms with Crippen molar-refractivity contribution in [2.45, 2.75) is 24.7 Å². The maximum Gasteiger partial charge on any atom is 0.189 e. The number of nitrogens with one attached hydrogen (secondary N) is 1. The van der Waals surface area contributed by atoms with Crippen molar-refractivity contribution in [2.75, 3.05) is 0 Å². The van der Waals surface area contributed by atoms with Crippen LogP contribution in [0.15, 0.2) is 66.5 Å². The maximum atomic E-state index is 10.1. The molecule has 0 radical (unpaired) electrons. The summed E-state index contributed by atoms with van der Waals surface area (Å²) in [5.74, 6) is -1.29. The van der Waals surface area contributed by atoms with Crippen LogP contribution in [0.25, 0.3) is 0 Å². The van der Waals surface area contributed by atoms with Gasteiger partial charge in [0.2, 0.25) is 0 Å². The number of benzene rings is 1. The molecule has 2 aliphatic carbocycles. The average Bonchev–Trinajstić information content (AvgIpc) is 2.79. The lowest BCUT2D eigenvalue weighted by Gasteiger charge is -2.47. The van der Waals surface area contributed by atoms with Crippen molar-refractivity contribution in [2.24, 2.45) is 17.3 Å². The molecular formula is C24H19N5. The second-order valence-corrected chi connectivity index (χ2v) is 7.66. The third-order valence-corrected chi connectivity index (χ3v) is 6.32. The Bertz CT molecular complexity index is 1070. The van der Waals surface area contributed by atoms with Crippen LogP contribution in [0.1, 0.15) is 35.8 Å². The van der Waals surface area contributed by atoms with Crippen LogP contribution in [0.5, 0.6) is 0 Å². The summed E-state index contributed by atoms with van der Waals surface area (Å²) < 4.78 is 0. The van der Waals surface area contributed by atoms with Crippen LogP contribution in [0.2, 0.25) is 0 Å². The molecule has 5 heteroatoms. The predicted octanol–water partition coefficient (Wildman–Crippen LogP) is 4.49. The van der Waals surface area contributed by atoms with Gasteiger partial charge >= 0.3 is 0 Å². The molecule has 1 aromatic heterocycles. The van der Waals surface area contributed by atoms with E-state index in [4.69, 9.17) is 5.41 Å². The third kappa shape index (κ3) is 2.82. The molecule has 1 saturated carbocycles. The normalized spacial score (nSPS) is 27.5. The van der Waals surface area contributed by atoms with Crippen molar-refractivity contribution in [3.8, 4) is 18.2 Å². The molecule has 2 aromatic rings. The molecule has 0 aliphatic heterocycles. The highest BCUT2D eigenvalue weighted by molar-refractivity contribution is 6.00. The van der Waals surface area contributed by atoms with Crippen molar-refractivity contribution in [3.63, 3.8) is 0 Å². The lowest BCUT2D eigenvalue weighted by atomic mass is 9.52. The molecule has 0 amide bonds. The highest BCUT2D eigenvalue weighted by Gasteiger charge is 2.57. The molecule has 4 rings (SSSR count). The first-order valence-electron chi connectivity index (χ1n) is 9.62. The van der Waals surface area contributed by atoms with E-state index in [9.17, 15) is 15.8 Å². The third-order valence-electron chi connectivity index (χ3n) is 6.32. The van der Waals surface area contributed by atoms with E-state index in [2.05, 4.69) is 41.4 Å². The number of aromatic nitrogens is 1. The van der Waals surface area contributed by atoms with Crippen LogP contribution < -0.4 is 0 Å². The van der Waals surface area contributed by atoms with Gasteiger partial charge in [0.05, 0.1) is 23.9 Å². The number of nitrogens with zero attached hydrogens (tertiary/aromatic N) is 4. The molecule has 1 fully saturated rings. The van der Waals surface area contributed by atoms with Crippen LogP contribution >= 0.6 is 0 Å². The van der Waals surface area contributed by atoms with Crippen molar-refractivity contribution in [3.05, 3.63) is 77.6 Å². The molecular weight excluding hydrogens is 358 g/mol. The van der Waals surface area contributed by atoms with Crippen molar-refractivity contribution >= 4 is 5.71 Å². The largest absolute Gasteiger partial charge is 0.305 e. The molecule has 2 aliphatic rings. The topological polar surface area (TPSA) is 108 Å². The molecule has 29 heavy (non-hydrogen) atoms. The fraction of sp³-hybridized carbons (Fsp3) is 0.292. The summed E-state index contributed by atoms with van der Waals surface area (Å²) in [7, 11) is 0. The van der Waals surface area contributed by atoms with E-state index >= 15 is 0 Å². The summed E-state index contributed by atoms with van der Waals surface area (Å²) in [6.45, 7) is 0. The van der Waals surface area contributed by atoms with Crippen LogP contribution in [0, 0.1) is 56.7 Å². The number of rotatable bonds is 2. The SMILES string of the molecule is N#CC1C(=N)C(C#N)(C#N)[C@@H](c2cccnc2)[C@@H]2C[C@H](c3ccccc3)CC=C12. The molecule has 1 unspecified atom stereocenters. The second-order valence-electron chi connectivity index (χ2n) is 7.66. The summed E-state index contributed by atoms with van der Waals surface area (Å²) in [6, 6.07) is 20.3. The summed E-state index contributed by atoms with van der Waals surface area (Å²) in [4.78, 5) is 4.20. The number of hydrogen-bond donors (Lipinski definition) is 1. The van der Waals surface area contributed by atoms with Gasteiger partial charge < -0.3 is 5.41 Å². The summed E-state index contributed by atoms with van der Waals surface area (Å²) >= 11 is 0. The van der Waals surface area contributed by atoms with E-state index in [-0.39, 0.29) is 17.5 Å². The molecule has 0 bridgehead atoms. The van der Waals surface area contributed by atoms with Crippen LogP contribution in [0.4, 0.5) is 0 Å². The van der Waals surface area contributed by atoms with E-state index in [1.165, 1.54) is 5.56 Å². The van der Waals surface area contributed by atoms with E-state index in [0.717, 1.165) is 24.0 Å². The minimum absolute atomic E-state index is 0.112. The predicted molar refractivity (Wildman–Crippen MR) is 107 cm³/mol. The van der Waals surface area contributed by atoms with Gasteiger partial charge in [-0.25, -0.2) is 0 Å². The number of nitriles is 3. The summed E-state index contributed by atoms with van der Waals surface area (Å²) in [6.07, 6.45) is 6.91. The highest BCUT2D eigenvalue weighted by atomic mass is 14.7. The van der Waals surface area contributed by atoms with Crippen molar-refractivity contribution in [1.82, 2.24) is 4.98 Å². The van der Waals surface area contributed by atoms with Gasteiger partial charge in [-0.2, -0.15) is 15.8 Å². The zero-order chi connectivity index (χ0) is 20.4. The Morgan fingerprint density at radius 3 is 2.34 bits per heavy atom. The quantitative estimate of drug-likeness (QED) is 0.778. The van der Waals surface area contributed by atoms with Crippen LogP contribution in [0.3, 0.4) is 0 Å². The molecule has 1 heterocycles. The number of allylic oxidation sites excluding steroid dienone is 2. The molecule has 5 nitrogen and oxygen atoms in total. The summed E-state index contributed by atoms with van der Waals surface area (Å²) in [5.41, 5.74) is 1.06. The molecule has 0 saturated heterocycles. The van der Waals surface area contributed by atoms with Crippen LogP contribution in [-0.2, 0) is 0 Å². The van der Waals surface area contributed by atoms with E-state index in [0.29, 0.717) is 0 Å². The van der Waals surface area contributed by atoms with Crippen molar-refractivity contribution in [1.29, 1.82) is 21.2 Å². The molecule has 4 atom stereocenters. The fourth-order valence-corrected chi connectivity index (χ4v) is 4.96. The second kappa shape index (κ2) is 7.34. The minimum Gasteiger partial charge on any atom is -0.305 e. The Balaban J connectivity index is 1.89. The van der Waals surface area contributed by atoms with Gasteiger partial charge in [-0.1, -0.05) is 42.5 Å². The fourth-order valence-electron chi connectivity index (χ4n) is 4.96. The van der Waals surface area contributed by atoms with Crippen molar-refractivity contribution < 1.29 is 0 Å². The lowest BCUT2D eigenvalue weighted by Crippen LogP contribution is -2.49. The van der Waals surface area contributed by atoms with Gasteiger partial charge in [-0.05, 0) is 47.4 Å². The molecule has 1 aromatic carbocycles. The minimum atomic E-state index is -1.68. The Labute approximate surface area is 170 Å². The van der Waals surface area contributed by atoms with Gasteiger partial charge in [0.15, 0.2) is 5.41 Å². The Morgan fingerprint density at radius 2 is 1.72 bits per heavy atom. The molecule has 0 spiro atoms. The molecule has 140 valence electrons. The zero-order valence-electron chi connectivity index (χ0n) is 15.8. The van der Waals surface area contributed by atoms with E-state index in [1.807, 2.05) is 24.3 Å². The lowest BCUT2D eigenvalue weighted by molar-refractivity contribution is 0.303. The number of fused-ring (bicyclic) bond motifs is 1. The first-order valence-corrected chi connectivity index (χ1v) is 9.62. The van der Waals surface area contributed by atoms with E-state index < -0.39 is 17.3 Å². The first kappa shape index (κ1) is 18.6. The number of hydrogen-bond acceptors (Lipinski definition) is 5.